The number of thiocarbonyl (C=S) groups is 1. The number of carbonyl (C=O) groups is 2. The van der Waals surface area contributed by atoms with Crippen LogP contribution in [0, 0.1) is 12.8 Å². The van der Waals surface area contributed by atoms with E-state index in [0.717, 1.165) is 22.9 Å². The molecule has 1 saturated carbocycles. The van der Waals surface area contributed by atoms with Crippen molar-refractivity contribution in [2.75, 3.05) is 0 Å². The predicted molar refractivity (Wildman–Crippen MR) is 82.9 cm³/mol. The third-order valence-electron chi connectivity index (χ3n) is 2.91. The van der Waals surface area contributed by atoms with Crippen molar-refractivity contribution in [1.82, 2.24) is 16.2 Å². The summed E-state index contributed by atoms with van der Waals surface area (Å²) in [7, 11) is 0. The molecule has 1 aliphatic rings. The van der Waals surface area contributed by atoms with Crippen LogP contribution >= 0.6 is 28.1 Å². The van der Waals surface area contributed by atoms with E-state index in [0.29, 0.717) is 5.56 Å². The van der Waals surface area contributed by atoms with Crippen LogP contribution < -0.4 is 16.2 Å². The molecule has 1 aliphatic carbocycles. The number of nitrogens with one attached hydrogen (secondary N) is 3. The second kappa shape index (κ2) is 6.32. The smallest absolute Gasteiger partial charge is 0.269 e. The summed E-state index contributed by atoms with van der Waals surface area (Å²) in [6.45, 7) is 1.94. The van der Waals surface area contributed by atoms with Crippen LogP contribution in [0.3, 0.4) is 0 Å². The molecule has 2 amide bonds. The molecular formula is C13H14BrN3O2S. The Kier molecular flexibility index (Phi) is 4.72. The lowest BCUT2D eigenvalue weighted by molar-refractivity contribution is -0.120. The fourth-order valence-electron chi connectivity index (χ4n) is 1.51. The van der Waals surface area contributed by atoms with Gasteiger partial charge in [-0.25, -0.2) is 0 Å². The Balaban J connectivity index is 1.83. The molecule has 106 valence electrons. The zero-order valence-electron chi connectivity index (χ0n) is 10.8. The highest BCUT2D eigenvalue weighted by atomic mass is 79.9. The highest BCUT2D eigenvalue weighted by molar-refractivity contribution is 9.10. The molecule has 0 saturated heterocycles. The van der Waals surface area contributed by atoms with Crippen molar-refractivity contribution < 1.29 is 9.59 Å². The SMILES string of the molecule is Cc1ccc(C(=O)NNC(=S)NC(=O)C2CC2)cc1Br. The molecule has 0 heterocycles. The van der Waals surface area contributed by atoms with Crippen molar-refractivity contribution in [3.63, 3.8) is 0 Å². The Hall–Kier alpha value is -1.47. The zero-order chi connectivity index (χ0) is 14.7. The monoisotopic (exact) mass is 355 g/mol. The van der Waals surface area contributed by atoms with E-state index in [2.05, 4.69) is 32.1 Å². The summed E-state index contributed by atoms with van der Waals surface area (Å²) < 4.78 is 0.856. The lowest BCUT2D eigenvalue weighted by atomic mass is 10.1. The number of hydrogen-bond donors (Lipinski definition) is 3. The molecule has 1 aromatic carbocycles. The molecule has 1 aromatic rings. The van der Waals surface area contributed by atoms with Crippen molar-refractivity contribution in [3.05, 3.63) is 33.8 Å². The van der Waals surface area contributed by atoms with E-state index in [1.807, 2.05) is 13.0 Å². The van der Waals surface area contributed by atoms with Crippen LogP contribution in [0.4, 0.5) is 0 Å². The molecule has 0 aromatic heterocycles. The van der Waals surface area contributed by atoms with Crippen molar-refractivity contribution in [3.8, 4) is 0 Å². The van der Waals surface area contributed by atoms with Gasteiger partial charge in [-0.05, 0) is 49.7 Å². The van der Waals surface area contributed by atoms with E-state index in [1.54, 1.807) is 12.1 Å². The lowest BCUT2D eigenvalue weighted by Gasteiger charge is -2.11. The van der Waals surface area contributed by atoms with Crippen LogP contribution in [-0.2, 0) is 4.79 Å². The zero-order valence-corrected chi connectivity index (χ0v) is 13.2. The fourth-order valence-corrected chi connectivity index (χ4v) is 2.04. The quantitative estimate of drug-likeness (QED) is 0.558. The van der Waals surface area contributed by atoms with E-state index in [1.165, 1.54) is 0 Å². The molecule has 0 bridgehead atoms. The number of halogens is 1. The van der Waals surface area contributed by atoms with Gasteiger partial charge in [0, 0.05) is 16.0 Å². The van der Waals surface area contributed by atoms with Gasteiger partial charge in [0.05, 0.1) is 0 Å². The number of carbonyl (C=O) groups excluding carboxylic acids is 2. The van der Waals surface area contributed by atoms with Gasteiger partial charge in [-0.2, -0.15) is 0 Å². The van der Waals surface area contributed by atoms with Gasteiger partial charge in [0.2, 0.25) is 5.91 Å². The minimum absolute atomic E-state index is 0.0681. The minimum atomic E-state index is -0.325. The van der Waals surface area contributed by atoms with Gasteiger partial charge in [-0.15, -0.1) is 0 Å². The molecule has 0 unspecified atom stereocenters. The van der Waals surface area contributed by atoms with E-state index >= 15 is 0 Å². The maximum Gasteiger partial charge on any atom is 0.269 e. The number of rotatable bonds is 2. The van der Waals surface area contributed by atoms with Crippen LogP contribution in [0.2, 0.25) is 0 Å². The first kappa shape index (κ1) is 14.9. The van der Waals surface area contributed by atoms with Crippen LogP contribution in [-0.4, -0.2) is 16.9 Å². The summed E-state index contributed by atoms with van der Waals surface area (Å²) in [5.41, 5.74) is 6.49. The highest BCUT2D eigenvalue weighted by Crippen LogP contribution is 2.28. The van der Waals surface area contributed by atoms with E-state index in [9.17, 15) is 9.59 Å². The normalized spacial score (nSPS) is 13.5. The molecule has 7 heteroatoms. The van der Waals surface area contributed by atoms with E-state index < -0.39 is 0 Å². The van der Waals surface area contributed by atoms with Crippen LogP contribution in [0.25, 0.3) is 0 Å². The molecule has 3 N–H and O–H groups in total. The fraction of sp³-hybridized carbons (Fsp3) is 0.308. The average Bonchev–Trinajstić information content (AvgIpc) is 3.23. The summed E-state index contributed by atoms with van der Waals surface area (Å²) in [6.07, 6.45) is 1.80. The first-order valence-corrected chi connectivity index (χ1v) is 7.35. The van der Waals surface area contributed by atoms with Crippen LogP contribution in [0.5, 0.6) is 0 Å². The Morgan fingerprint density at radius 3 is 2.60 bits per heavy atom. The molecular weight excluding hydrogens is 342 g/mol. The molecule has 20 heavy (non-hydrogen) atoms. The van der Waals surface area contributed by atoms with E-state index in [4.69, 9.17) is 12.2 Å². The van der Waals surface area contributed by atoms with Gasteiger partial charge in [-0.1, -0.05) is 22.0 Å². The highest BCUT2D eigenvalue weighted by Gasteiger charge is 2.30. The maximum absolute atomic E-state index is 11.9. The van der Waals surface area contributed by atoms with Crippen molar-refractivity contribution in [1.29, 1.82) is 0 Å². The molecule has 0 atom stereocenters. The van der Waals surface area contributed by atoms with Crippen molar-refractivity contribution in [2.24, 2.45) is 5.92 Å². The topological polar surface area (TPSA) is 70.2 Å². The Morgan fingerprint density at radius 1 is 1.30 bits per heavy atom. The van der Waals surface area contributed by atoms with Crippen LogP contribution in [0.1, 0.15) is 28.8 Å². The molecule has 0 radical (unpaired) electrons. The summed E-state index contributed by atoms with van der Waals surface area (Å²) in [5, 5.41) is 2.63. The van der Waals surface area contributed by atoms with Crippen molar-refractivity contribution >= 4 is 45.1 Å². The molecule has 5 nitrogen and oxygen atoms in total. The van der Waals surface area contributed by atoms with E-state index in [-0.39, 0.29) is 22.8 Å². The maximum atomic E-state index is 11.9. The lowest BCUT2D eigenvalue weighted by Crippen LogP contribution is -2.48. The van der Waals surface area contributed by atoms with Gasteiger partial charge in [0.15, 0.2) is 5.11 Å². The van der Waals surface area contributed by atoms with Gasteiger partial charge in [0.1, 0.15) is 0 Å². The third-order valence-corrected chi connectivity index (χ3v) is 3.97. The second-order valence-electron chi connectivity index (χ2n) is 4.64. The molecule has 0 aliphatic heterocycles. The number of hydrazine groups is 1. The predicted octanol–water partition coefficient (Wildman–Crippen LogP) is 1.80. The first-order valence-electron chi connectivity index (χ1n) is 6.14. The van der Waals surface area contributed by atoms with Crippen molar-refractivity contribution in [2.45, 2.75) is 19.8 Å². The number of amides is 2. The Labute approximate surface area is 130 Å². The standard InChI is InChI=1S/C13H14BrN3O2S/c1-7-2-3-9(6-10(7)14)12(19)16-17-13(20)15-11(18)8-4-5-8/h2-3,6,8H,4-5H2,1H3,(H,16,19)(H2,15,17,18,20). The third kappa shape index (κ3) is 4.01. The number of benzene rings is 1. The van der Waals surface area contributed by atoms with Gasteiger partial charge >= 0.3 is 0 Å². The summed E-state index contributed by atoms with van der Waals surface area (Å²) in [4.78, 5) is 23.3. The molecule has 0 spiro atoms. The molecule has 2 rings (SSSR count). The summed E-state index contributed by atoms with van der Waals surface area (Å²) in [5.74, 6) is -0.359. The summed E-state index contributed by atoms with van der Waals surface area (Å²) >= 11 is 8.29. The van der Waals surface area contributed by atoms with Gasteiger partial charge in [-0.3, -0.25) is 20.4 Å². The number of aryl methyl sites for hydroxylation is 1. The largest absolute Gasteiger partial charge is 0.302 e. The molecule has 1 fully saturated rings. The average molecular weight is 356 g/mol. The second-order valence-corrected chi connectivity index (χ2v) is 5.90. The summed E-state index contributed by atoms with van der Waals surface area (Å²) in [6, 6.07) is 5.27. The Morgan fingerprint density at radius 2 is 2.00 bits per heavy atom. The Bertz CT molecular complexity index is 573. The minimum Gasteiger partial charge on any atom is -0.302 e. The first-order chi connectivity index (χ1) is 9.47. The van der Waals surface area contributed by atoms with Crippen LogP contribution in [0.15, 0.2) is 22.7 Å². The number of hydrogen-bond acceptors (Lipinski definition) is 3. The van der Waals surface area contributed by atoms with Gasteiger partial charge < -0.3 is 5.32 Å². The van der Waals surface area contributed by atoms with Gasteiger partial charge in [0.25, 0.3) is 5.91 Å².